The number of benzene rings is 1. The third-order valence-electron chi connectivity index (χ3n) is 4.52. The number of rotatable bonds is 3. The summed E-state index contributed by atoms with van der Waals surface area (Å²) in [5, 5.41) is 0.552. The zero-order valence-corrected chi connectivity index (χ0v) is 14.2. The largest absolute Gasteiger partial charge is 0.496 e. The van der Waals surface area contributed by atoms with E-state index in [4.69, 9.17) is 16.3 Å². The van der Waals surface area contributed by atoms with Gasteiger partial charge < -0.3 is 14.5 Å². The summed E-state index contributed by atoms with van der Waals surface area (Å²) >= 11 is 6.15. The zero-order valence-electron chi connectivity index (χ0n) is 13.5. The van der Waals surface area contributed by atoms with Crippen molar-refractivity contribution in [2.75, 3.05) is 33.3 Å². The molecule has 6 heteroatoms. The van der Waals surface area contributed by atoms with E-state index in [0.717, 1.165) is 18.4 Å². The summed E-state index contributed by atoms with van der Waals surface area (Å²) in [4.78, 5) is 28.5. The normalized spacial score (nSPS) is 18.0. The van der Waals surface area contributed by atoms with Crippen molar-refractivity contribution in [1.29, 1.82) is 0 Å². The second kappa shape index (κ2) is 6.40. The lowest BCUT2D eigenvalue weighted by Crippen LogP contribution is -2.51. The van der Waals surface area contributed by atoms with Crippen molar-refractivity contribution in [3.05, 3.63) is 28.3 Å². The smallest absolute Gasteiger partial charge is 0.257 e. The number of piperazine rings is 1. The Balaban J connectivity index is 1.69. The summed E-state index contributed by atoms with van der Waals surface area (Å²) in [6, 6.07) is 3.45. The Morgan fingerprint density at radius 2 is 1.74 bits per heavy atom. The highest BCUT2D eigenvalue weighted by Crippen LogP contribution is 2.32. The van der Waals surface area contributed by atoms with Gasteiger partial charge in [0.25, 0.3) is 5.91 Å². The fourth-order valence-electron chi connectivity index (χ4n) is 2.88. The van der Waals surface area contributed by atoms with Gasteiger partial charge in [0.2, 0.25) is 5.91 Å². The monoisotopic (exact) mass is 336 g/mol. The van der Waals surface area contributed by atoms with Crippen molar-refractivity contribution < 1.29 is 14.3 Å². The molecule has 5 nitrogen and oxygen atoms in total. The molecule has 0 unspecified atom stereocenters. The highest BCUT2D eigenvalue weighted by molar-refractivity contribution is 6.31. The minimum absolute atomic E-state index is 0.0951. The summed E-state index contributed by atoms with van der Waals surface area (Å²) < 4.78 is 5.32. The van der Waals surface area contributed by atoms with E-state index >= 15 is 0 Å². The van der Waals surface area contributed by atoms with Crippen LogP contribution in [-0.2, 0) is 4.79 Å². The van der Waals surface area contributed by atoms with Crippen LogP contribution in [0.4, 0.5) is 0 Å². The molecule has 1 aliphatic heterocycles. The van der Waals surface area contributed by atoms with Gasteiger partial charge >= 0.3 is 0 Å². The van der Waals surface area contributed by atoms with Crippen LogP contribution in [0.5, 0.6) is 5.75 Å². The van der Waals surface area contributed by atoms with E-state index < -0.39 is 0 Å². The number of methoxy groups -OCH3 is 1. The Morgan fingerprint density at radius 1 is 1.13 bits per heavy atom. The molecule has 2 amide bonds. The van der Waals surface area contributed by atoms with Crippen molar-refractivity contribution in [3.8, 4) is 5.75 Å². The van der Waals surface area contributed by atoms with E-state index in [1.54, 1.807) is 24.1 Å². The van der Waals surface area contributed by atoms with Gasteiger partial charge in [-0.05, 0) is 37.5 Å². The van der Waals surface area contributed by atoms with Gasteiger partial charge in [0.15, 0.2) is 0 Å². The Bertz CT molecular complexity index is 635. The molecule has 0 aromatic heterocycles. The van der Waals surface area contributed by atoms with Gasteiger partial charge in [0, 0.05) is 37.1 Å². The fourth-order valence-corrected chi connectivity index (χ4v) is 3.04. The predicted octanol–water partition coefficient (Wildman–Crippen LogP) is 2.35. The fraction of sp³-hybridized carbons (Fsp3) is 0.529. The molecule has 1 aromatic rings. The van der Waals surface area contributed by atoms with Gasteiger partial charge in [-0.3, -0.25) is 9.59 Å². The van der Waals surface area contributed by atoms with Crippen molar-refractivity contribution in [2.45, 2.75) is 19.8 Å². The number of hydrogen-bond acceptors (Lipinski definition) is 3. The molecule has 124 valence electrons. The molecule has 2 aliphatic rings. The minimum atomic E-state index is -0.0951. The van der Waals surface area contributed by atoms with Gasteiger partial charge in [-0.25, -0.2) is 0 Å². The van der Waals surface area contributed by atoms with Crippen molar-refractivity contribution in [1.82, 2.24) is 9.80 Å². The first-order valence-corrected chi connectivity index (χ1v) is 8.31. The van der Waals surface area contributed by atoms with Gasteiger partial charge in [0.05, 0.1) is 12.7 Å². The van der Waals surface area contributed by atoms with E-state index in [1.807, 2.05) is 11.8 Å². The average Bonchev–Trinajstić information content (AvgIpc) is 3.40. The van der Waals surface area contributed by atoms with Gasteiger partial charge in [0.1, 0.15) is 5.75 Å². The van der Waals surface area contributed by atoms with Crippen LogP contribution in [0, 0.1) is 12.8 Å². The lowest BCUT2D eigenvalue weighted by atomic mass is 10.1. The van der Waals surface area contributed by atoms with Crippen molar-refractivity contribution >= 4 is 23.4 Å². The number of nitrogens with zero attached hydrogens (tertiary/aromatic N) is 2. The lowest BCUT2D eigenvalue weighted by Gasteiger charge is -2.35. The highest BCUT2D eigenvalue weighted by Gasteiger charge is 2.35. The summed E-state index contributed by atoms with van der Waals surface area (Å²) in [7, 11) is 1.55. The molecular weight excluding hydrogens is 316 g/mol. The van der Waals surface area contributed by atoms with Crippen molar-refractivity contribution in [3.63, 3.8) is 0 Å². The summed E-state index contributed by atoms with van der Waals surface area (Å²) in [6.07, 6.45) is 2.02. The van der Waals surface area contributed by atoms with Gasteiger partial charge in [-0.2, -0.15) is 0 Å². The van der Waals surface area contributed by atoms with Crippen LogP contribution < -0.4 is 4.74 Å². The average molecular weight is 337 g/mol. The molecule has 3 rings (SSSR count). The molecular formula is C17H21ClN2O3. The minimum Gasteiger partial charge on any atom is -0.496 e. The molecule has 1 aromatic carbocycles. The van der Waals surface area contributed by atoms with Crippen LogP contribution in [0.25, 0.3) is 0 Å². The Hall–Kier alpha value is -1.75. The molecule has 1 heterocycles. The summed E-state index contributed by atoms with van der Waals surface area (Å²) in [5.41, 5.74) is 1.35. The molecule has 1 aliphatic carbocycles. The number of carbonyl (C=O) groups excluding carboxylic acids is 2. The Labute approximate surface area is 141 Å². The van der Waals surface area contributed by atoms with Crippen LogP contribution in [-0.4, -0.2) is 54.9 Å². The number of carbonyl (C=O) groups is 2. The van der Waals surface area contributed by atoms with Crippen LogP contribution in [0.3, 0.4) is 0 Å². The Kier molecular flexibility index (Phi) is 4.48. The number of aryl methyl sites for hydroxylation is 1. The topological polar surface area (TPSA) is 49.9 Å². The molecule has 2 fully saturated rings. The molecule has 0 N–H and O–H groups in total. The van der Waals surface area contributed by atoms with Crippen LogP contribution >= 0.6 is 11.6 Å². The summed E-state index contributed by atoms with van der Waals surface area (Å²) in [6.45, 7) is 4.17. The number of amides is 2. The second-order valence-electron chi connectivity index (χ2n) is 6.19. The molecule has 0 bridgehead atoms. The van der Waals surface area contributed by atoms with Gasteiger partial charge in [-0.15, -0.1) is 0 Å². The maximum atomic E-state index is 12.7. The molecule has 0 radical (unpaired) electrons. The van der Waals surface area contributed by atoms with Crippen LogP contribution in [0.1, 0.15) is 28.8 Å². The number of ether oxygens (including phenoxy) is 1. The third-order valence-corrected chi connectivity index (χ3v) is 4.92. The molecule has 0 atom stereocenters. The molecule has 1 saturated carbocycles. The maximum absolute atomic E-state index is 12.7. The molecule has 1 saturated heterocycles. The van der Waals surface area contributed by atoms with E-state index in [2.05, 4.69) is 0 Å². The van der Waals surface area contributed by atoms with E-state index in [9.17, 15) is 9.59 Å². The molecule has 0 spiro atoms. The lowest BCUT2D eigenvalue weighted by molar-refractivity contribution is -0.134. The van der Waals surface area contributed by atoms with Gasteiger partial charge in [-0.1, -0.05) is 11.6 Å². The highest BCUT2D eigenvalue weighted by atomic mass is 35.5. The van der Waals surface area contributed by atoms with Crippen molar-refractivity contribution in [2.24, 2.45) is 5.92 Å². The SMILES string of the molecule is COc1cc(C)c(Cl)cc1C(=O)N1CCN(C(=O)C2CC2)CC1. The van der Waals surface area contributed by atoms with E-state index in [1.165, 1.54) is 0 Å². The molecule has 23 heavy (non-hydrogen) atoms. The summed E-state index contributed by atoms with van der Waals surface area (Å²) in [5.74, 6) is 0.914. The zero-order chi connectivity index (χ0) is 16.6. The van der Waals surface area contributed by atoms with E-state index in [0.29, 0.717) is 42.5 Å². The Morgan fingerprint density at radius 3 is 2.30 bits per heavy atom. The third kappa shape index (κ3) is 3.29. The number of halogens is 1. The van der Waals surface area contributed by atoms with Crippen LogP contribution in [0.15, 0.2) is 12.1 Å². The van der Waals surface area contributed by atoms with E-state index in [-0.39, 0.29) is 17.7 Å². The maximum Gasteiger partial charge on any atom is 0.257 e. The standard InChI is InChI=1S/C17H21ClN2O3/c1-11-9-15(23-2)13(10-14(11)18)17(22)20-7-5-19(6-8-20)16(21)12-3-4-12/h9-10,12H,3-8H2,1-2H3. The second-order valence-corrected chi connectivity index (χ2v) is 6.60. The quantitative estimate of drug-likeness (QED) is 0.851. The van der Waals surface area contributed by atoms with Crippen LogP contribution in [0.2, 0.25) is 5.02 Å². The predicted molar refractivity (Wildman–Crippen MR) is 87.9 cm³/mol. The number of hydrogen-bond donors (Lipinski definition) is 0. The first-order chi connectivity index (χ1) is 11.0. The first kappa shape index (κ1) is 16.1. The first-order valence-electron chi connectivity index (χ1n) is 7.93.